The molecular formula is C12H15BrN2O3. The second-order valence-electron chi connectivity index (χ2n) is 3.92. The number of hydrogen-bond donors (Lipinski definition) is 2. The third kappa shape index (κ3) is 5.67. The summed E-state index contributed by atoms with van der Waals surface area (Å²) in [6.07, 6.45) is 0. The summed E-state index contributed by atoms with van der Waals surface area (Å²) >= 11 is 3.29. The molecule has 0 heterocycles. The highest BCUT2D eigenvalue weighted by atomic mass is 79.9. The van der Waals surface area contributed by atoms with Crippen LogP contribution in [0.3, 0.4) is 0 Å². The first-order valence-electron chi connectivity index (χ1n) is 5.46. The van der Waals surface area contributed by atoms with Crippen LogP contribution in [0.2, 0.25) is 0 Å². The van der Waals surface area contributed by atoms with Crippen LogP contribution in [-0.4, -0.2) is 24.6 Å². The Balaban J connectivity index is 2.33. The Morgan fingerprint density at radius 1 is 1.28 bits per heavy atom. The molecule has 1 rings (SSSR count). The lowest BCUT2D eigenvalue weighted by atomic mass is 10.3. The summed E-state index contributed by atoms with van der Waals surface area (Å²) in [5, 5.41) is 4.72. The summed E-state index contributed by atoms with van der Waals surface area (Å²) in [6.45, 7) is 3.41. The van der Waals surface area contributed by atoms with Gasteiger partial charge in [-0.15, -0.1) is 0 Å². The quantitative estimate of drug-likeness (QED) is 0.894. The SMILES string of the molecule is CC(C)NC(=O)NC(=O)COc1ccc(Br)cc1. The molecule has 0 saturated carbocycles. The van der Waals surface area contributed by atoms with Gasteiger partial charge in [-0.1, -0.05) is 15.9 Å². The second-order valence-corrected chi connectivity index (χ2v) is 4.83. The summed E-state index contributed by atoms with van der Waals surface area (Å²) < 4.78 is 6.14. The molecule has 0 aromatic heterocycles. The summed E-state index contributed by atoms with van der Waals surface area (Å²) in [4.78, 5) is 22.6. The average Bonchev–Trinajstić information content (AvgIpc) is 2.27. The summed E-state index contributed by atoms with van der Waals surface area (Å²) in [5.74, 6) is 0.0775. The van der Waals surface area contributed by atoms with Gasteiger partial charge in [0.1, 0.15) is 5.75 Å². The van der Waals surface area contributed by atoms with Crippen LogP contribution in [-0.2, 0) is 4.79 Å². The Labute approximate surface area is 114 Å². The number of imide groups is 1. The molecule has 2 N–H and O–H groups in total. The number of carbonyl (C=O) groups excluding carboxylic acids is 2. The van der Waals surface area contributed by atoms with Gasteiger partial charge in [-0.2, -0.15) is 0 Å². The summed E-state index contributed by atoms with van der Waals surface area (Å²) in [7, 11) is 0. The van der Waals surface area contributed by atoms with Crippen LogP contribution < -0.4 is 15.4 Å². The molecule has 0 radical (unpaired) electrons. The van der Waals surface area contributed by atoms with E-state index in [2.05, 4.69) is 26.6 Å². The van der Waals surface area contributed by atoms with E-state index in [4.69, 9.17) is 4.74 Å². The van der Waals surface area contributed by atoms with Crippen LogP contribution in [0.1, 0.15) is 13.8 Å². The molecule has 5 nitrogen and oxygen atoms in total. The number of urea groups is 1. The van der Waals surface area contributed by atoms with Crippen LogP contribution in [0.4, 0.5) is 4.79 Å². The molecule has 18 heavy (non-hydrogen) atoms. The number of nitrogens with one attached hydrogen (secondary N) is 2. The van der Waals surface area contributed by atoms with Crippen LogP contribution in [0, 0.1) is 0 Å². The van der Waals surface area contributed by atoms with Gasteiger partial charge in [0.25, 0.3) is 5.91 Å². The van der Waals surface area contributed by atoms with Crippen molar-refractivity contribution in [2.24, 2.45) is 0 Å². The second kappa shape index (κ2) is 7.00. The monoisotopic (exact) mass is 314 g/mol. The Hall–Kier alpha value is -1.56. The number of hydrogen-bond acceptors (Lipinski definition) is 3. The van der Waals surface area contributed by atoms with E-state index < -0.39 is 11.9 Å². The van der Waals surface area contributed by atoms with Gasteiger partial charge in [0.2, 0.25) is 0 Å². The zero-order chi connectivity index (χ0) is 13.5. The highest BCUT2D eigenvalue weighted by Gasteiger charge is 2.08. The predicted octanol–water partition coefficient (Wildman–Crippen LogP) is 2.06. The molecule has 0 fully saturated rings. The topological polar surface area (TPSA) is 67.4 Å². The van der Waals surface area contributed by atoms with Crippen molar-refractivity contribution in [3.8, 4) is 5.75 Å². The Morgan fingerprint density at radius 3 is 2.44 bits per heavy atom. The van der Waals surface area contributed by atoms with Crippen LogP contribution in [0.25, 0.3) is 0 Å². The molecule has 0 bridgehead atoms. The molecule has 0 atom stereocenters. The number of ether oxygens (including phenoxy) is 1. The molecule has 3 amide bonds. The van der Waals surface area contributed by atoms with Crippen molar-refractivity contribution < 1.29 is 14.3 Å². The lowest BCUT2D eigenvalue weighted by Crippen LogP contribution is -2.44. The number of halogens is 1. The van der Waals surface area contributed by atoms with Gasteiger partial charge in [0.05, 0.1) is 0 Å². The van der Waals surface area contributed by atoms with E-state index in [1.165, 1.54) is 0 Å². The lowest BCUT2D eigenvalue weighted by Gasteiger charge is -2.09. The maximum Gasteiger partial charge on any atom is 0.321 e. The van der Waals surface area contributed by atoms with Crippen molar-refractivity contribution in [2.75, 3.05) is 6.61 Å². The Kier molecular flexibility index (Phi) is 5.64. The molecule has 1 aromatic carbocycles. The minimum Gasteiger partial charge on any atom is -0.484 e. The average molecular weight is 315 g/mol. The van der Waals surface area contributed by atoms with Crippen molar-refractivity contribution in [1.29, 1.82) is 0 Å². The largest absolute Gasteiger partial charge is 0.484 e. The van der Waals surface area contributed by atoms with E-state index in [1.54, 1.807) is 24.3 Å². The van der Waals surface area contributed by atoms with E-state index in [9.17, 15) is 9.59 Å². The lowest BCUT2D eigenvalue weighted by molar-refractivity contribution is -0.122. The molecule has 0 unspecified atom stereocenters. The van der Waals surface area contributed by atoms with E-state index in [1.807, 2.05) is 13.8 Å². The minimum atomic E-state index is -0.519. The highest BCUT2D eigenvalue weighted by Crippen LogP contribution is 2.15. The van der Waals surface area contributed by atoms with E-state index in [-0.39, 0.29) is 12.6 Å². The smallest absolute Gasteiger partial charge is 0.321 e. The fourth-order valence-corrected chi connectivity index (χ4v) is 1.41. The number of benzene rings is 1. The molecular weight excluding hydrogens is 300 g/mol. The van der Waals surface area contributed by atoms with Gasteiger partial charge in [-0.3, -0.25) is 10.1 Å². The van der Waals surface area contributed by atoms with Gasteiger partial charge >= 0.3 is 6.03 Å². The van der Waals surface area contributed by atoms with Gasteiger partial charge in [-0.05, 0) is 38.1 Å². The van der Waals surface area contributed by atoms with E-state index in [0.717, 1.165) is 4.47 Å². The molecule has 0 saturated heterocycles. The van der Waals surface area contributed by atoms with Crippen molar-refractivity contribution in [3.05, 3.63) is 28.7 Å². The minimum absolute atomic E-state index is 0.0230. The molecule has 0 aliphatic carbocycles. The predicted molar refractivity (Wildman–Crippen MR) is 71.4 cm³/mol. The first kappa shape index (κ1) is 14.5. The highest BCUT2D eigenvalue weighted by molar-refractivity contribution is 9.10. The maximum absolute atomic E-state index is 11.4. The third-order valence-electron chi connectivity index (χ3n) is 1.86. The van der Waals surface area contributed by atoms with Crippen LogP contribution in [0.5, 0.6) is 5.75 Å². The Bertz CT molecular complexity index is 418. The number of carbonyl (C=O) groups is 2. The molecule has 0 spiro atoms. The van der Waals surface area contributed by atoms with Gasteiger partial charge < -0.3 is 10.1 Å². The van der Waals surface area contributed by atoms with Crippen molar-refractivity contribution in [2.45, 2.75) is 19.9 Å². The summed E-state index contributed by atoms with van der Waals surface area (Å²) in [6, 6.07) is 6.52. The van der Waals surface area contributed by atoms with Gasteiger partial charge in [0.15, 0.2) is 6.61 Å². The molecule has 1 aromatic rings. The normalized spacial score (nSPS) is 10.0. The van der Waals surface area contributed by atoms with Gasteiger partial charge in [-0.25, -0.2) is 4.79 Å². The maximum atomic E-state index is 11.4. The van der Waals surface area contributed by atoms with Crippen LogP contribution in [0.15, 0.2) is 28.7 Å². The van der Waals surface area contributed by atoms with Crippen molar-refractivity contribution >= 4 is 27.9 Å². The summed E-state index contributed by atoms with van der Waals surface area (Å²) in [5.41, 5.74) is 0. The van der Waals surface area contributed by atoms with Crippen LogP contribution >= 0.6 is 15.9 Å². The van der Waals surface area contributed by atoms with E-state index >= 15 is 0 Å². The fourth-order valence-electron chi connectivity index (χ4n) is 1.14. The third-order valence-corrected chi connectivity index (χ3v) is 2.38. The first-order valence-corrected chi connectivity index (χ1v) is 6.25. The zero-order valence-corrected chi connectivity index (χ0v) is 11.8. The molecule has 0 aliphatic heterocycles. The fraction of sp³-hybridized carbons (Fsp3) is 0.333. The molecule has 98 valence electrons. The van der Waals surface area contributed by atoms with E-state index in [0.29, 0.717) is 5.75 Å². The zero-order valence-electron chi connectivity index (χ0n) is 10.2. The van der Waals surface area contributed by atoms with Crippen molar-refractivity contribution in [3.63, 3.8) is 0 Å². The molecule has 6 heteroatoms. The van der Waals surface area contributed by atoms with Gasteiger partial charge in [0, 0.05) is 10.5 Å². The standard InChI is InChI=1S/C12H15BrN2O3/c1-8(2)14-12(17)15-11(16)7-18-10-5-3-9(13)4-6-10/h3-6,8H,7H2,1-2H3,(H2,14,15,16,17). The first-order chi connectivity index (χ1) is 8.47. The number of amides is 3. The Morgan fingerprint density at radius 2 is 1.89 bits per heavy atom. The van der Waals surface area contributed by atoms with Crippen molar-refractivity contribution in [1.82, 2.24) is 10.6 Å². The number of rotatable bonds is 4. The molecule has 0 aliphatic rings.